The molecule has 0 fully saturated rings. The molecule has 0 N–H and O–H groups in total. The van der Waals surface area contributed by atoms with Crippen molar-refractivity contribution >= 4 is 25.6 Å². The van der Waals surface area contributed by atoms with E-state index in [1.54, 1.807) is 27.9 Å². The van der Waals surface area contributed by atoms with Gasteiger partial charge in [0.15, 0.2) is 0 Å². The van der Waals surface area contributed by atoms with Crippen molar-refractivity contribution in [2.24, 2.45) is 0 Å². The van der Waals surface area contributed by atoms with Gasteiger partial charge >= 0.3 is 0 Å². The molecule has 0 spiro atoms. The maximum absolute atomic E-state index is 11.5. The first kappa shape index (κ1) is 14.0. The molecule has 96 valence electrons. The molecule has 17 heavy (non-hydrogen) atoms. The Labute approximate surface area is 105 Å². The van der Waals surface area contributed by atoms with Crippen LogP contribution in [-0.2, 0) is 20.4 Å². The van der Waals surface area contributed by atoms with Crippen molar-refractivity contribution in [3.05, 3.63) is 11.4 Å². The Morgan fingerprint density at radius 2 is 1.94 bits per heavy atom. The van der Waals surface area contributed by atoms with Gasteiger partial charge in [-0.15, -0.1) is 0 Å². The molecule has 0 bridgehead atoms. The molecule has 0 unspecified atom stereocenters. The number of aromatic nitrogens is 2. The average Bonchev–Trinajstić information content (AvgIpc) is 2.40. The van der Waals surface area contributed by atoms with E-state index in [1.807, 2.05) is 0 Å². The van der Waals surface area contributed by atoms with Gasteiger partial charge < -0.3 is 4.90 Å². The van der Waals surface area contributed by atoms with Gasteiger partial charge in [0.1, 0.15) is 11.4 Å². The molecule has 1 aromatic heterocycles. The quantitative estimate of drug-likeness (QED) is 0.756. The van der Waals surface area contributed by atoms with Crippen LogP contribution in [0.15, 0.2) is 4.90 Å². The van der Waals surface area contributed by atoms with Crippen LogP contribution in [0, 0.1) is 13.8 Å². The molecule has 0 saturated carbocycles. The fourth-order valence-corrected chi connectivity index (χ4v) is 2.98. The molecule has 0 aliphatic rings. The lowest BCUT2D eigenvalue weighted by atomic mass is 10.4. The minimum Gasteiger partial charge on any atom is -0.347 e. The van der Waals surface area contributed by atoms with E-state index in [0.29, 0.717) is 11.4 Å². The Morgan fingerprint density at radius 3 is 2.29 bits per heavy atom. The van der Waals surface area contributed by atoms with E-state index in [-0.39, 0.29) is 17.3 Å². The van der Waals surface area contributed by atoms with E-state index in [0.717, 1.165) is 0 Å². The summed E-state index contributed by atoms with van der Waals surface area (Å²) in [5.41, 5.74) is 0.664. The van der Waals surface area contributed by atoms with Gasteiger partial charge in [-0.05, 0) is 13.8 Å². The Balaban J connectivity index is 3.19. The summed E-state index contributed by atoms with van der Waals surface area (Å²) in [5.74, 6) is -0.172. The summed E-state index contributed by atoms with van der Waals surface area (Å²) in [6, 6.07) is 0. The number of nitrogens with zero attached hydrogens (tertiary/aromatic N) is 3. The predicted octanol–water partition coefficient (Wildman–Crippen LogP) is 0.516. The van der Waals surface area contributed by atoms with Crippen LogP contribution in [0.2, 0.25) is 0 Å². The van der Waals surface area contributed by atoms with E-state index < -0.39 is 9.05 Å². The zero-order valence-corrected chi connectivity index (χ0v) is 11.6. The topological polar surface area (TPSA) is 72.3 Å². The molecule has 1 heterocycles. The molecule has 0 radical (unpaired) electrons. The van der Waals surface area contributed by atoms with Crippen LogP contribution in [-0.4, -0.2) is 43.1 Å². The Hall–Kier alpha value is -1.08. The van der Waals surface area contributed by atoms with Crippen LogP contribution in [0.25, 0.3) is 0 Å². The molecule has 6 nitrogen and oxygen atoms in total. The summed E-state index contributed by atoms with van der Waals surface area (Å²) in [6.07, 6.45) is 0. The Bertz CT molecular complexity index is 548. The van der Waals surface area contributed by atoms with Gasteiger partial charge in [-0.25, -0.2) is 8.42 Å². The number of amides is 1. The molecule has 0 saturated heterocycles. The zero-order valence-electron chi connectivity index (χ0n) is 10.1. The first-order valence-corrected chi connectivity index (χ1v) is 7.14. The number of aryl methyl sites for hydroxylation is 1. The maximum atomic E-state index is 11.5. The van der Waals surface area contributed by atoms with Crippen LogP contribution < -0.4 is 0 Å². The summed E-state index contributed by atoms with van der Waals surface area (Å²) >= 11 is 0. The Kier molecular flexibility index (Phi) is 3.83. The maximum Gasteiger partial charge on any atom is 0.264 e. The molecule has 1 amide bonds. The second kappa shape index (κ2) is 4.66. The lowest BCUT2D eigenvalue weighted by Gasteiger charge is -2.10. The first-order valence-electron chi connectivity index (χ1n) is 4.83. The third kappa shape index (κ3) is 2.98. The van der Waals surface area contributed by atoms with Crippen molar-refractivity contribution in [3.63, 3.8) is 0 Å². The first-order chi connectivity index (χ1) is 7.64. The molecular weight excluding hydrogens is 266 g/mol. The lowest BCUT2D eigenvalue weighted by Crippen LogP contribution is -2.27. The normalized spacial score (nSPS) is 11.6. The van der Waals surface area contributed by atoms with Gasteiger partial charge in [0.25, 0.3) is 9.05 Å². The molecule has 0 aliphatic heterocycles. The van der Waals surface area contributed by atoms with Crippen molar-refractivity contribution in [1.82, 2.24) is 14.7 Å². The predicted molar refractivity (Wildman–Crippen MR) is 63.4 cm³/mol. The number of halogens is 1. The van der Waals surface area contributed by atoms with Gasteiger partial charge in [0.05, 0.1) is 11.4 Å². The SMILES string of the molecule is Cc1nn(CC(=O)N(C)C)c(C)c1S(=O)(=O)Cl. The van der Waals surface area contributed by atoms with E-state index in [2.05, 4.69) is 5.10 Å². The van der Waals surface area contributed by atoms with Crippen molar-refractivity contribution in [1.29, 1.82) is 0 Å². The molecule has 1 rings (SSSR count). The summed E-state index contributed by atoms with van der Waals surface area (Å²) in [4.78, 5) is 12.9. The van der Waals surface area contributed by atoms with Crippen molar-refractivity contribution in [2.75, 3.05) is 14.1 Å². The second-order valence-electron chi connectivity index (χ2n) is 3.88. The van der Waals surface area contributed by atoms with Gasteiger partial charge in [-0.1, -0.05) is 0 Å². The smallest absolute Gasteiger partial charge is 0.264 e. The van der Waals surface area contributed by atoms with E-state index >= 15 is 0 Å². The molecule has 0 aliphatic carbocycles. The highest BCUT2D eigenvalue weighted by Crippen LogP contribution is 2.22. The number of hydrogen-bond acceptors (Lipinski definition) is 4. The van der Waals surface area contributed by atoms with Crippen LogP contribution in [0.1, 0.15) is 11.4 Å². The van der Waals surface area contributed by atoms with Crippen LogP contribution >= 0.6 is 10.7 Å². The van der Waals surface area contributed by atoms with Crippen molar-refractivity contribution in [2.45, 2.75) is 25.3 Å². The van der Waals surface area contributed by atoms with Gasteiger partial charge in [0.2, 0.25) is 5.91 Å². The molecule has 0 atom stereocenters. The molecule has 0 aromatic carbocycles. The third-order valence-corrected chi connectivity index (χ3v) is 3.88. The third-order valence-electron chi connectivity index (χ3n) is 2.34. The van der Waals surface area contributed by atoms with Crippen LogP contribution in [0.3, 0.4) is 0 Å². The highest BCUT2D eigenvalue weighted by Gasteiger charge is 2.23. The highest BCUT2D eigenvalue weighted by molar-refractivity contribution is 8.13. The number of carbonyl (C=O) groups is 1. The zero-order chi connectivity index (χ0) is 13.4. The standard InChI is InChI=1S/C9H14ClN3O3S/c1-6-9(17(10,15)16)7(2)13(11-6)5-8(14)12(3)4/h5H2,1-4H3. The summed E-state index contributed by atoms with van der Waals surface area (Å²) in [7, 11) is 4.71. The van der Waals surface area contributed by atoms with E-state index in [4.69, 9.17) is 10.7 Å². The molecule has 1 aromatic rings. The lowest BCUT2D eigenvalue weighted by molar-refractivity contribution is -0.129. The minimum atomic E-state index is -3.84. The van der Waals surface area contributed by atoms with Gasteiger partial charge in [-0.3, -0.25) is 9.48 Å². The van der Waals surface area contributed by atoms with Crippen LogP contribution in [0.4, 0.5) is 0 Å². The highest BCUT2D eigenvalue weighted by atomic mass is 35.7. The molecular formula is C9H14ClN3O3S. The summed E-state index contributed by atoms with van der Waals surface area (Å²) < 4.78 is 24.0. The number of rotatable bonds is 3. The summed E-state index contributed by atoms with van der Waals surface area (Å²) in [5, 5.41) is 4.00. The summed E-state index contributed by atoms with van der Waals surface area (Å²) in [6.45, 7) is 3.10. The second-order valence-corrected chi connectivity index (χ2v) is 6.39. The van der Waals surface area contributed by atoms with Crippen molar-refractivity contribution < 1.29 is 13.2 Å². The average molecular weight is 280 g/mol. The van der Waals surface area contributed by atoms with Crippen molar-refractivity contribution in [3.8, 4) is 0 Å². The fraction of sp³-hybridized carbons (Fsp3) is 0.556. The van der Waals surface area contributed by atoms with Crippen LogP contribution in [0.5, 0.6) is 0 Å². The van der Waals surface area contributed by atoms with E-state index in [9.17, 15) is 13.2 Å². The number of likely N-dealkylation sites (N-methyl/N-ethyl adjacent to an activating group) is 1. The molecule has 8 heteroatoms. The number of carbonyl (C=O) groups excluding carboxylic acids is 1. The number of hydrogen-bond donors (Lipinski definition) is 0. The van der Waals surface area contributed by atoms with Gasteiger partial charge in [-0.2, -0.15) is 5.10 Å². The fourth-order valence-electron chi connectivity index (χ4n) is 1.46. The Morgan fingerprint density at radius 1 is 1.41 bits per heavy atom. The largest absolute Gasteiger partial charge is 0.347 e. The minimum absolute atomic E-state index is 0.00785. The monoisotopic (exact) mass is 279 g/mol. The van der Waals surface area contributed by atoms with Gasteiger partial charge in [0, 0.05) is 24.8 Å². The van der Waals surface area contributed by atoms with E-state index in [1.165, 1.54) is 9.58 Å².